The minimum Gasteiger partial charge on any atom is -0.477 e. The summed E-state index contributed by atoms with van der Waals surface area (Å²) >= 11 is 0. The molecule has 1 aromatic heterocycles. The molecule has 0 bridgehead atoms. The average Bonchev–Trinajstić information content (AvgIpc) is 2.47. The molecule has 2 aromatic rings. The van der Waals surface area contributed by atoms with Gasteiger partial charge < -0.3 is 15.5 Å². The molecule has 3 N–H and O–H groups in total. The van der Waals surface area contributed by atoms with Crippen LogP contribution < -0.4 is 5.32 Å². The molecule has 114 valence electrons. The number of carboxylic acids is 2. The van der Waals surface area contributed by atoms with Gasteiger partial charge in [0.05, 0.1) is 5.52 Å². The summed E-state index contributed by atoms with van der Waals surface area (Å²) in [6, 6.07) is 5.74. The number of hydrogen-bond acceptors (Lipinski definition) is 5. The lowest BCUT2D eigenvalue weighted by atomic mass is 10.1. The van der Waals surface area contributed by atoms with Crippen LogP contribution in [0.4, 0.5) is 5.82 Å². The third-order valence-electron chi connectivity index (χ3n) is 3.05. The Balaban J connectivity index is 2.42. The molecular formula is C15H15N3O4. The lowest BCUT2D eigenvalue weighted by Crippen LogP contribution is -2.13. The van der Waals surface area contributed by atoms with Crippen LogP contribution in [-0.2, 0) is 16.0 Å². The molecule has 22 heavy (non-hydrogen) atoms. The number of rotatable bonds is 6. The lowest BCUT2D eigenvalue weighted by Gasteiger charge is -2.07. The number of hydrogen-bond donors (Lipinski definition) is 3. The van der Waals surface area contributed by atoms with Crippen LogP contribution in [0.1, 0.15) is 18.9 Å². The van der Waals surface area contributed by atoms with Crippen molar-refractivity contribution < 1.29 is 19.8 Å². The second kappa shape index (κ2) is 6.66. The monoisotopic (exact) mass is 301 g/mol. The van der Waals surface area contributed by atoms with Crippen molar-refractivity contribution >= 4 is 28.7 Å². The predicted molar refractivity (Wildman–Crippen MR) is 80.5 cm³/mol. The van der Waals surface area contributed by atoms with Crippen molar-refractivity contribution in [3.8, 4) is 0 Å². The third kappa shape index (κ3) is 3.38. The summed E-state index contributed by atoms with van der Waals surface area (Å²) in [6.45, 7) is 2.07. The van der Waals surface area contributed by atoms with E-state index in [-0.39, 0.29) is 0 Å². The van der Waals surface area contributed by atoms with Gasteiger partial charge in [0.15, 0.2) is 5.57 Å². The summed E-state index contributed by atoms with van der Waals surface area (Å²) in [6.07, 6.45) is 4.14. The third-order valence-corrected chi connectivity index (χ3v) is 3.05. The standard InChI is InChI=1S/C15H15N3O4/c1-2-3-9-4-5-12-10(6-9)13(18-8-17-12)16-7-11(14(19)20)15(21)22/h4-8H,2-3H2,1H3,(H,19,20)(H,21,22)(H,16,17,18). The van der Waals surface area contributed by atoms with E-state index < -0.39 is 17.5 Å². The van der Waals surface area contributed by atoms with Crippen LogP contribution >= 0.6 is 0 Å². The van der Waals surface area contributed by atoms with Crippen LogP contribution in [0.3, 0.4) is 0 Å². The van der Waals surface area contributed by atoms with Gasteiger partial charge in [-0.1, -0.05) is 19.4 Å². The van der Waals surface area contributed by atoms with Crippen molar-refractivity contribution in [2.45, 2.75) is 19.8 Å². The molecule has 0 aliphatic heterocycles. The van der Waals surface area contributed by atoms with Crippen molar-refractivity contribution in [1.29, 1.82) is 0 Å². The lowest BCUT2D eigenvalue weighted by molar-refractivity contribution is -0.140. The largest absolute Gasteiger partial charge is 0.477 e. The fraction of sp³-hybridized carbons (Fsp3) is 0.200. The smallest absolute Gasteiger partial charge is 0.344 e. The molecule has 7 heteroatoms. The zero-order valence-corrected chi connectivity index (χ0v) is 11.9. The summed E-state index contributed by atoms with van der Waals surface area (Å²) in [4.78, 5) is 29.9. The van der Waals surface area contributed by atoms with Gasteiger partial charge in [-0.25, -0.2) is 19.6 Å². The maximum absolute atomic E-state index is 10.8. The first-order valence-electron chi connectivity index (χ1n) is 6.70. The van der Waals surface area contributed by atoms with Gasteiger partial charge in [-0.05, 0) is 24.1 Å². The first-order chi connectivity index (χ1) is 10.5. The molecule has 0 aliphatic rings. The molecule has 0 amide bonds. The highest BCUT2D eigenvalue weighted by Crippen LogP contribution is 2.21. The van der Waals surface area contributed by atoms with Crippen molar-refractivity contribution in [1.82, 2.24) is 9.97 Å². The number of anilines is 1. The number of carboxylic acid groups (broad SMARTS) is 2. The van der Waals surface area contributed by atoms with Gasteiger partial charge in [0, 0.05) is 11.6 Å². The summed E-state index contributed by atoms with van der Waals surface area (Å²) in [5, 5.41) is 21.0. The summed E-state index contributed by atoms with van der Waals surface area (Å²) in [5.74, 6) is -2.68. The molecule has 0 saturated carbocycles. The Bertz CT molecular complexity index is 740. The second-order valence-electron chi connectivity index (χ2n) is 4.64. The van der Waals surface area contributed by atoms with Crippen LogP contribution in [0.5, 0.6) is 0 Å². The molecular weight excluding hydrogens is 286 g/mol. The molecule has 0 aliphatic carbocycles. The maximum Gasteiger partial charge on any atom is 0.344 e. The molecule has 0 fully saturated rings. The van der Waals surface area contributed by atoms with Crippen LogP contribution in [0.15, 0.2) is 36.3 Å². The summed E-state index contributed by atoms with van der Waals surface area (Å²) in [7, 11) is 0. The van der Waals surface area contributed by atoms with Gasteiger partial charge in [0.25, 0.3) is 0 Å². The molecule has 0 unspecified atom stereocenters. The van der Waals surface area contributed by atoms with Crippen LogP contribution in [0, 0.1) is 0 Å². The number of carbonyl (C=O) groups is 2. The Morgan fingerprint density at radius 3 is 2.59 bits per heavy atom. The number of aryl methyl sites for hydroxylation is 1. The minimum atomic E-state index is -1.52. The van der Waals surface area contributed by atoms with Gasteiger partial charge in [-0.3, -0.25) is 0 Å². The molecule has 0 atom stereocenters. The van der Waals surface area contributed by atoms with E-state index in [2.05, 4.69) is 22.2 Å². The fourth-order valence-electron chi connectivity index (χ4n) is 2.02. The Kier molecular flexibility index (Phi) is 4.67. The molecule has 0 spiro atoms. The van der Waals surface area contributed by atoms with E-state index >= 15 is 0 Å². The molecule has 1 aromatic carbocycles. The van der Waals surface area contributed by atoms with E-state index in [4.69, 9.17) is 10.2 Å². The van der Waals surface area contributed by atoms with Crippen molar-refractivity contribution in [2.24, 2.45) is 0 Å². The highest BCUT2D eigenvalue weighted by molar-refractivity contribution is 6.12. The van der Waals surface area contributed by atoms with Gasteiger partial charge in [-0.2, -0.15) is 0 Å². The molecule has 2 rings (SSSR count). The number of benzene rings is 1. The number of fused-ring (bicyclic) bond motifs is 1. The van der Waals surface area contributed by atoms with Crippen LogP contribution in [-0.4, -0.2) is 32.1 Å². The maximum atomic E-state index is 10.8. The Labute approximate surface area is 126 Å². The van der Waals surface area contributed by atoms with E-state index in [1.54, 1.807) is 0 Å². The fourth-order valence-corrected chi connectivity index (χ4v) is 2.02. The molecule has 7 nitrogen and oxygen atoms in total. The van der Waals surface area contributed by atoms with Crippen molar-refractivity contribution in [2.75, 3.05) is 5.32 Å². The van der Waals surface area contributed by atoms with Gasteiger partial charge in [0.2, 0.25) is 0 Å². The average molecular weight is 301 g/mol. The van der Waals surface area contributed by atoms with Gasteiger partial charge in [-0.15, -0.1) is 0 Å². The molecule has 0 radical (unpaired) electrons. The van der Waals surface area contributed by atoms with Crippen LogP contribution in [0.25, 0.3) is 10.9 Å². The molecule has 1 heterocycles. The first kappa shape index (κ1) is 15.4. The van der Waals surface area contributed by atoms with Gasteiger partial charge >= 0.3 is 11.9 Å². The van der Waals surface area contributed by atoms with Crippen LogP contribution in [0.2, 0.25) is 0 Å². The van der Waals surface area contributed by atoms with E-state index in [9.17, 15) is 9.59 Å². The Hall–Kier alpha value is -2.96. The zero-order valence-electron chi connectivity index (χ0n) is 11.9. The van der Waals surface area contributed by atoms with E-state index in [1.807, 2.05) is 18.2 Å². The summed E-state index contributed by atoms with van der Waals surface area (Å²) < 4.78 is 0. The highest BCUT2D eigenvalue weighted by Gasteiger charge is 2.16. The first-order valence-corrected chi connectivity index (χ1v) is 6.70. The minimum absolute atomic E-state index is 0.364. The number of aromatic nitrogens is 2. The normalized spacial score (nSPS) is 10.2. The second-order valence-corrected chi connectivity index (χ2v) is 4.64. The zero-order chi connectivity index (χ0) is 16.1. The summed E-state index contributed by atoms with van der Waals surface area (Å²) in [5.41, 5.74) is 1.03. The highest BCUT2D eigenvalue weighted by atomic mass is 16.4. The Morgan fingerprint density at radius 1 is 1.23 bits per heavy atom. The van der Waals surface area contributed by atoms with Gasteiger partial charge in [0.1, 0.15) is 12.1 Å². The predicted octanol–water partition coefficient (Wildman–Crippen LogP) is 2.05. The Morgan fingerprint density at radius 2 is 1.95 bits per heavy atom. The van der Waals surface area contributed by atoms with E-state index in [0.29, 0.717) is 16.7 Å². The van der Waals surface area contributed by atoms with Crippen molar-refractivity contribution in [3.63, 3.8) is 0 Å². The number of nitrogens with one attached hydrogen (secondary N) is 1. The number of nitrogens with zero attached hydrogens (tertiary/aromatic N) is 2. The topological polar surface area (TPSA) is 112 Å². The van der Waals surface area contributed by atoms with E-state index in [0.717, 1.165) is 24.6 Å². The number of aliphatic carboxylic acids is 2. The quantitative estimate of drug-likeness (QED) is 0.425. The molecule has 0 saturated heterocycles. The SMILES string of the molecule is CCCc1ccc2ncnc(NC=C(C(=O)O)C(=O)O)c2c1. The van der Waals surface area contributed by atoms with E-state index in [1.165, 1.54) is 6.33 Å². The van der Waals surface area contributed by atoms with Crippen molar-refractivity contribution in [3.05, 3.63) is 41.9 Å².